The minimum absolute atomic E-state index is 0.147. The lowest BCUT2D eigenvalue weighted by Crippen LogP contribution is -2.40. The van der Waals surface area contributed by atoms with Gasteiger partial charge in [0.25, 0.3) is 0 Å². The Labute approximate surface area is 99.5 Å². The van der Waals surface area contributed by atoms with E-state index in [0.29, 0.717) is 12.5 Å². The van der Waals surface area contributed by atoms with Gasteiger partial charge in [0.1, 0.15) is 0 Å². The maximum atomic E-state index is 10.0. The van der Waals surface area contributed by atoms with Gasteiger partial charge in [-0.05, 0) is 39.7 Å². The Morgan fingerprint density at radius 1 is 1.19 bits per heavy atom. The van der Waals surface area contributed by atoms with E-state index in [4.69, 9.17) is 0 Å². The topological polar surface area (TPSA) is 43.7 Å². The molecule has 0 radical (unpaired) electrons. The first-order chi connectivity index (χ1) is 7.38. The molecule has 3 heteroatoms. The summed E-state index contributed by atoms with van der Waals surface area (Å²) in [5, 5.41) is 19.7. The fourth-order valence-electron chi connectivity index (χ4n) is 2.70. The Morgan fingerprint density at radius 3 is 2.44 bits per heavy atom. The van der Waals surface area contributed by atoms with E-state index < -0.39 is 5.60 Å². The molecule has 0 aromatic carbocycles. The van der Waals surface area contributed by atoms with Crippen molar-refractivity contribution < 1.29 is 10.2 Å². The summed E-state index contributed by atoms with van der Waals surface area (Å²) in [6, 6.07) is 0. The number of likely N-dealkylation sites (N-methyl/N-ethyl adjacent to an activating group) is 1. The van der Waals surface area contributed by atoms with Crippen molar-refractivity contribution in [2.45, 2.75) is 57.7 Å². The fourth-order valence-corrected chi connectivity index (χ4v) is 2.70. The zero-order valence-corrected chi connectivity index (χ0v) is 10.9. The van der Waals surface area contributed by atoms with Crippen LogP contribution in [0.1, 0.15) is 46.0 Å². The number of hydrogen-bond acceptors (Lipinski definition) is 3. The molecule has 1 aliphatic rings. The average Bonchev–Trinajstić information content (AvgIpc) is 2.29. The molecule has 2 atom stereocenters. The third-order valence-electron chi connectivity index (χ3n) is 3.32. The number of rotatable bonds is 4. The van der Waals surface area contributed by atoms with Crippen molar-refractivity contribution in [2.24, 2.45) is 5.92 Å². The molecule has 1 aliphatic carbocycles. The third kappa shape index (κ3) is 5.28. The molecule has 2 unspecified atom stereocenters. The van der Waals surface area contributed by atoms with Crippen molar-refractivity contribution in [3.63, 3.8) is 0 Å². The quantitative estimate of drug-likeness (QED) is 0.720. The van der Waals surface area contributed by atoms with Gasteiger partial charge in [0.05, 0.1) is 11.7 Å². The molecular formula is C13H27NO2. The second-order valence-corrected chi connectivity index (χ2v) is 5.97. The van der Waals surface area contributed by atoms with Crippen molar-refractivity contribution >= 4 is 0 Å². The van der Waals surface area contributed by atoms with E-state index >= 15 is 0 Å². The Bertz CT molecular complexity index is 201. The molecule has 0 bridgehead atoms. The minimum Gasteiger partial charge on any atom is -0.393 e. The van der Waals surface area contributed by atoms with Gasteiger partial charge in [0.2, 0.25) is 0 Å². The van der Waals surface area contributed by atoms with Crippen molar-refractivity contribution in [2.75, 3.05) is 20.1 Å². The summed E-state index contributed by atoms with van der Waals surface area (Å²) in [6.07, 6.45) is 5.57. The Kier molecular flexibility index (Phi) is 5.22. The van der Waals surface area contributed by atoms with Gasteiger partial charge in [-0.15, -0.1) is 0 Å². The summed E-state index contributed by atoms with van der Waals surface area (Å²) in [4.78, 5) is 2.14. The molecule has 1 fully saturated rings. The van der Waals surface area contributed by atoms with Crippen LogP contribution in [0.2, 0.25) is 0 Å². The van der Waals surface area contributed by atoms with E-state index in [2.05, 4.69) is 4.90 Å². The van der Waals surface area contributed by atoms with Crippen LogP contribution in [0.25, 0.3) is 0 Å². The van der Waals surface area contributed by atoms with Gasteiger partial charge >= 0.3 is 0 Å². The molecule has 1 saturated carbocycles. The van der Waals surface area contributed by atoms with Gasteiger partial charge in [0, 0.05) is 13.1 Å². The SMILES string of the molecule is CN(CC1CCCCCC1O)CC(C)(C)O. The Hall–Kier alpha value is -0.120. The number of nitrogens with zero attached hydrogens (tertiary/aromatic N) is 1. The predicted molar refractivity (Wildman–Crippen MR) is 66.4 cm³/mol. The van der Waals surface area contributed by atoms with E-state index in [1.807, 2.05) is 20.9 Å². The molecule has 0 saturated heterocycles. The molecule has 2 N–H and O–H groups in total. The molecule has 0 aliphatic heterocycles. The molecule has 0 heterocycles. The van der Waals surface area contributed by atoms with E-state index in [1.165, 1.54) is 12.8 Å². The first-order valence-electron chi connectivity index (χ1n) is 6.47. The van der Waals surface area contributed by atoms with Crippen LogP contribution in [0.5, 0.6) is 0 Å². The van der Waals surface area contributed by atoms with Crippen LogP contribution in [0.15, 0.2) is 0 Å². The van der Waals surface area contributed by atoms with E-state index in [9.17, 15) is 10.2 Å². The largest absolute Gasteiger partial charge is 0.393 e. The third-order valence-corrected chi connectivity index (χ3v) is 3.32. The maximum absolute atomic E-state index is 10.0. The molecule has 96 valence electrons. The normalized spacial score (nSPS) is 28.1. The highest BCUT2D eigenvalue weighted by Crippen LogP contribution is 2.24. The van der Waals surface area contributed by atoms with Crippen LogP contribution in [-0.4, -0.2) is 47.0 Å². The van der Waals surface area contributed by atoms with E-state index in [1.54, 1.807) is 0 Å². The van der Waals surface area contributed by atoms with Crippen molar-refractivity contribution in [1.82, 2.24) is 4.90 Å². The van der Waals surface area contributed by atoms with Crippen LogP contribution in [0.4, 0.5) is 0 Å². The van der Waals surface area contributed by atoms with Crippen molar-refractivity contribution in [3.8, 4) is 0 Å². The smallest absolute Gasteiger partial charge is 0.0718 e. The Morgan fingerprint density at radius 2 is 1.81 bits per heavy atom. The molecular weight excluding hydrogens is 202 g/mol. The number of aliphatic hydroxyl groups excluding tert-OH is 1. The average molecular weight is 229 g/mol. The van der Waals surface area contributed by atoms with Crippen LogP contribution in [0.3, 0.4) is 0 Å². The summed E-state index contributed by atoms with van der Waals surface area (Å²) in [5.41, 5.74) is -0.648. The van der Waals surface area contributed by atoms with Crippen molar-refractivity contribution in [1.29, 1.82) is 0 Å². The molecule has 16 heavy (non-hydrogen) atoms. The first-order valence-corrected chi connectivity index (χ1v) is 6.47. The molecule has 0 aromatic heterocycles. The summed E-state index contributed by atoms with van der Waals surface area (Å²) in [6.45, 7) is 5.21. The lowest BCUT2D eigenvalue weighted by molar-refractivity contribution is 0.0241. The zero-order chi connectivity index (χ0) is 12.2. The number of hydrogen-bond donors (Lipinski definition) is 2. The molecule has 0 aromatic rings. The monoisotopic (exact) mass is 229 g/mol. The van der Waals surface area contributed by atoms with Gasteiger partial charge in [-0.1, -0.05) is 19.3 Å². The van der Waals surface area contributed by atoms with Gasteiger partial charge in [-0.2, -0.15) is 0 Å². The summed E-state index contributed by atoms with van der Waals surface area (Å²) >= 11 is 0. The van der Waals surface area contributed by atoms with Crippen LogP contribution < -0.4 is 0 Å². The molecule has 0 spiro atoms. The standard InChI is InChI=1S/C13H27NO2/c1-13(2,16)10-14(3)9-11-7-5-4-6-8-12(11)15/h11-12,15-16H,4-10H2,1-3H3. The predicted octanol–water partition coefficient (Wildman–Crippen LogP) is 1.63. The molecule has 1 rings (SSSR count). The van der Waals surface area contributed by atoms with Gasteiger partial charge in [-0.3, -0.25) is 0 Å². The summed E-state index contributed by atoms with van der Waals surface area (Å²) in [7, 11) is 2.02. The highest BCUT2D eigenvalue weighted by molar-refractivity contribution is 4.78. The van der Waals surface area contributed by atoms with Crippen LogP contribution in [0, 0.1) is 5.92 Å². The summed E-state index contributed by atoms with van der Waals surface area (Å²) < 4.78 is 0. The van der Waals surface area contributed by atoms with Crippen LogP contribution >= 0.6 is 0 Å². The summed E-state index contributed by atoms with van der Waals surface area (Å²) in [5.74, 6) is 0.384. The van der Waals surface area contributed by atoms with Crippen LogP contribution in [-0.2, 0) is 0 Å². The first kappa shape index (κ1) is 13.9. The highest BCUT2D eigenvalue weighted by Gasteiger charge is 2.24. The van der Waals surface area contributed by atoms with Gasteiger partial charge in [0.15, 0.2) is 0 Å². The van der Waals surface area contributed by atoms with Gasteiger partial charge < -0.3 is 15.1 Å². The van der Waals surface area contributed by atoms with Gasteiger partial charge in [-0.25, -0.2) is 0 Å². The molecule has 0 amide bonds. The Balaban J connectivity index is 2.39. The van der Waals surface area contributed by atoms with E-state index in [-0.39, 0.29) is 6.10 Å². The highest BCUT2D eigenvalue weighted by atomic mass is 16.3. The maximum Gasteiger partial charge on any atom is 0.0718 e. The second kappa shape index (κ2) is 5.99. The van der Waals surface area contributed by atoms with E-state index in [0.717, 1.165) is 25.8 Å². The fraction of sp³-hybridized carbons (Fsp3) is 1.00. The lowest BCUT2D eigenvalue weighted by atomic mass is 9.96. The minimum atomic E-state index is -0.648. The van der Waals surface area contributed by atoms with Crippen molar-refractivity contribution in [3.05, 3.63) is 0 Å². The second-order valence-electron chi connectivity index (χ2n) is 5.97. The zero-order valence-electron chi connectivity index (χ0n) is 10.9. The molecule has 3 nitrogen and oxygen atoms in total. The number of aliphatic hydroxyl groups is 2. The lowest BCUT2D eigenvalue weighted by Gasteiger charge is -2.30.